The molecular weight excluding hydrogens is 274 g/mol. The largest absolute Gasteiger partial charge is 0.380 e. The molecule has 3 heterocycles. The average Bonchev–Trinajstić information content (AvgIpc) is 3.14. The highest BCUT2D eigenvalue weighted by atomic mass is 16.5. The van der Waals surface area contributed by atoms with E-state index >= 15 is 0 Å². The first-order valence-electron chi connectivity index (χ1n) is 8.82. The molecule has 22 heavy (non-hydrogen) atoms. The molecule has 0 radical (unpaired) electrons. The van der Waals surface area contributed by atoms with E-state index < -0.39 is 0 Å². The molecule has 0 aliphatic carbocycles. The van der Waals surface area contributed by atoms with Crippen LogP contribution in [0.2, 0.25) is 0 Å². The number of nitrogens with zero attached hydrogens (tertiary/aromatic N) is 3. The fourth-order valence-electron chi connectivity index (χ4n) is 2.80. The van der Waals surface area contributed by atoms with Crippen LogP contribution in [0.1, 0.15) is 39.8 Å². The molecule has 4 nitrogen and oxygen atoms in total. The van der Waals surface area contributed by atoms with Gasteiger partial charge in [-0.3, -0.25) is 9.88 Å². The summed E-state index contributed by atoms with van der Waals surface area (Å²) >= 11 is 0. The van der Waals surface area contributed by atoms with Crippen molar-refractivity contribution in [3.8, 4) is 0 Å². The monoisotopic (exact) mass is 307 g/mol. The Bertz CT molecular complexity index is 380. The minimum atomic E-state index is 0.656. The SMILES string of the molecule is CC.CC.Cc1ccc(N2CCN(C3CCOC3)CC2)cn1. The first-order valence-corrected chi connectivity index (χ1v) is 8.82. The van der Waals surface area contributed by atoms with Crippen LogP contribution in [0.25, 0.3) is 0 Å². The fraction of sp³-hybridized carbons (Fsp3) is 0.722. The van der Waals surface area contributed by atoms with Crippen molar-refractivity contribution in [2.45, 2.75) is 47.1 Å². The third kappa shape index (κ3) is 5.25. The van der Waals surface area contributed by atoms with Gasteiger partial charge in [0.1, 0.15) is 0 Å². The molecule has 0 saturated carbocycles. The van der Waals surface area contributed by atoms with Crippen molar-refractivity contribution < 1.29 is 4.74 Å². The van der Waals surface area contributed by atoms with E-state index in [9.17, 15) is 0 Å². The predicted octanol–water partition coefficient (Wildman–Crippen LogP) is 3.35. The van der Waals surface area contributed by atoms with Gasteiger partial charge >= 0.3 is 0 Å². The molecule has 0 amide bonds. The van der Waals surface area contributed by atoms with Crippen molar-refractivity contribution in [2.75, 3.05) is 44.3 Å². The van der Waals surface area contributed by atoms with E-state index in [1.807, 2.05) is 40.8 Å². The zero-order chi connectivity index (χ0) is 16.4. The Balaban J connectivity index is 0.000000561. The molecule has 2 aliphatic rings. The lowest BCUT2D eigenvalue weighted by Gasteiger charge is -2.38. The maximum Gasteiger partial charge on any atom is 0.0622 e. The van der Waals surface area contributed by atoms with Crippen molar-refractivity contribution in [1.29, 1.82) is 0 Å². The van der Waals surface area contributed by atoms with Crippen LogP contribution < -0.4 is 4.90 Å². The Morgan fingerprint density at radius 1 is 1.05 bits per heavy atom. The van der Waals surface area contributed by atoms with Crippen molar-refractivity contribution in [2.24, 2.45) is 0 Å². The maximum absolute atomic E-state index is 5.47. The third-order valence-corrected chi connectivity index (χ3v) is 4.00. The van der Waals surface area contributed by atoms with E-state index in [4.69, 9.17) is 4.74 Å². The molecule has 3 rings (SSSR count). The van der Waals surface area contributed by atoms with Gasteiger partial charge in [-0.15, -0.1) is 0 Å². The van der Waals surface area contributed by atoms with Crippen LogP contribution in [-0.4, -0.2) is 55.3 Å². The van der Waals surface area contributed by atoms with Gasteiger partial charge < -0.3 is 9.64 Å². The summed E-state index contributed by atoms with van der Waals surface area (Å²) in [6.07, 6.45) is 3.19. The molecule has 0 aromatic carbocycles. The highest BCUT2D eigenvalue weighted by molar-refractivity contribution is 5.44. The summed E-state index contributed by atoms with van der Waals surface area (Å²) in [5, 5.41) is 0. The van der Waals surface area contributed by atoms with Crippen LogP contribution in [0.5, 0.6) is 0 Å². The minimum absolute atomic E-state index is 0.656. The topological polar surface area (TPSA) is 28.6 Å². The van der Waals surface area contributed by atoms with Crippen molar-refractivity contribution in [1.82, 2.24) is 9.88 Å². The van der Waals surface area contributed by atoms with Gasteiger partial charge in [0.05, 0.1) is 18.5 Å². The van der Waals surface area contributed by atoms with Crippen LogP contribution in [0, 0.1) is 6.92 Å². The second kappa shape index (κ2) is 10.6. The summed E-state index contributed by atoms with van der Waals surface area (Å²) in [6.45, 7) is 16.4. The molecule has 2 fully saturated rings. The zero-order valence-corrected chi connectivity index (χ0v) is 15.0. The van der Waals surface area contributed by atoms with Gasteiger partial charge in [-0.05, 0) is 25.5 Å². The number of hydrogen-bond donors (Lipinski definition) is 0. The molecule has 1 aromatic heterocycles. The lowest BCUT2D eigenvalue weighted by atomic mass is 10.2. The molecular formula is C18H33N3O. The number of aromatic nitrogens is 1. The first kappa shape index (κ1) is 18.9. The molecule has 0 bridgehead atoms. The lowest BCUT2D eigenvalue weighted by Crippen LogP contribution is -2.50. The summed E-state index contributed by atoms with van der Waals surface area (Å²) in [6, 6.07) is 4.92. The first-order chi connectivity index (χ1) is 10.8. The fourth-order valence-corrected chi connectivity index (χ4v) is 2.80. The molecule has 2 aliphatic heterocycles. The van der Waals surface area contributed by atoms with Gasteiger partial charge in [-0.1, -0.05) is 27.7 Å². The molecule has 126 valence electrons. The second-order valence-corrected chi connectivity index (χ2v) is 5.20. The molecule has 0 spiro atoms. The smallest absolute Gasteiger partial charge is 0.0622 e. The standard InChI is InChI=1S/C14H21N3O.2C2H6/c1-12-2-3-13(10-15-12)16-5-7-17(8-6-16)14-4-9-18-11-14;2*1-2/h2-3,10,14H,4-9,11H2,1H3;2*1-2H3. The summed E-state index contributed by atoms with van der Waals surface area (Å²) in [5.41, 5.74) is 2.34. The van der Waals surface area contributed by atoms with E-state index in [-0.39, 0.29) is 0 Å². The maximum atomic E-state index is 5.47. The number of anilines is 1. The van der Waals surface area contributed by atoms with E-state index in [2.05, 4.69) is 26.9 Å². The van der Waals surface area contributed by atoms with Crippen LogP contribution >= 0.6 is 0 Å². The molecule has 0 N–H and O–H groups in total. The van der Waals surface area contributed by atoms with Gasteiger partial charge in [0, 0.05) is 44.5 Å². The van der Waals surface area contributed by atoms with Crippen molar-refractivity contribution in [3.63, 3.8) is 0 Å². The molecule has 1 atom stereocenters. The van der Waals surface area contributed by atoms with E-state index in [0.717, 1.165) is 45.1 Å². The second-order valence-electron chi connectivity index (χ2n) is 5.20. The van der Waals surface area contributed by atoms with Gasteiger partial charge in [0.25, 0.3) is 0 Å². The van der Waals surface area contributed by atoms with Crippen LogP contribution in [0.3, 0.4) is 0 Å². The van der Waals surface area contributed by atoms with E-state index in [0.29, 0.717) is 6.04 Å². The zero-order valence-electron chi connectivity index (χ0n) is 15.0. The van der Waals surface area contributed by atoms with Gasteiger partial charge in [-0.2, -0.15) is 0 Å². The highest BCUT2D eigenvalue weighted by Crippen LogP contribution is 2.19. The number of hydrogen-bond acceptors (Lipinski definition) is 4. The van der Waals surface area contributed by atoms with Gasteiger partial charge in [0.2, 0.25) is 0 Å². The summed E-state index contributed by atoms with van der Waals surface area (Å²) in [4.78, 5) is 9.38. The van der Waals surface area contributed by atoms with Crippen LogP contribution in [-0.2, 0) is 4.74 Å². The highest BCUT2D eigenvalue weighted by Gasteiger charge is 2.26. The normalized spacial score (nSPS) is 21.5. The summed E-state index contributed by atoms with van der Waals surface area (Å²) in [7, 11) is 0. The summed E-state index contributed by atoms with van der Waals surface area (Å²) in [5.74, 6) is 0. The average molecular weight is 307 g/mol. The van der Waals surface area contributed by atoms with Crippen molar-refractivity contribution >= 4 is 5.69 Å². The van der Waals surface area contributed by atoms with Crippen LogP contribution in [0.15, 0.2) is 18.3 Å². The number of pyridine rings is 1. The number of piperazine rings is 1. The van der Waals surface area contributed by atoms with Gasteiger partial charge in [-0.25, -0.2) is 0 Å². The number of rotatable bonds is 2. The Hall–Kier alpha value is -1.13. The number of ether oxygens (including phenoxy) is 1. The van der Waals surface area contributed by atoms with Gasteiger partial charge in [0.15, 0.2) is 0 Å². The quantitative estimate of drug-likeness (QED) is 0.838. The Morgan fingerprint density at radius 3 is 2.23 bits per heavy atom. The number of aryl methyl sites for hydroxylation is 1. The van der Waals surface area contributed by atoms with E-state index in [1.54, 1.807) is 0 Å². The predicted molar refractivity (Wildman–Crippen MR) is 94.7 cm³/mol. The van der Waals surface area contributed by atoms with Crippen LogP contribution in [0.4, 0.5) is 5.69 Å². The Labute approximate surface area is 136 Å². The lowest BCUT2D eigenvalue weighted by molar-refractivity contribution is 0.139. The van der Waals surface area contributed by atoms with Crippen molar-refractivity contribution in [3.05, 3.63) is 24.0 Å². The third-order valence-electron chi connectivity index (χ3n) is 4.00. The summed E-state index contributed by atoms with van der Waals surface area (Å²) < 4.78 is 5.47. The Morgan fingerprint density at radius 2 is 1.73 bits per heavy atom. The Kier molecular flexibility index (Phi) is 9.09. The molecule has 1 aromatic rings. The molecule has 4 heteroatoms. The minimum Gasteiger partial charge on any atom is -0.380 e. The molecule has 1 unspecified atom stereocenters. The molecule has 2 saturated heterocycles. The van der Waals surface area contributed by atoms with E-state index in [1.165, 1.54) is 12.1 Å².